The van der Waals surface area contributed by atoms with Gasteiger partial charge < -0.3 is 14.5 Å². The van der Waals surface area contributed by atoms with Crippen molar-refractivity contribution in [2.24, 2.45) is 0 Å². The molecule has 0 N–H and O–H groups in total. The first-order chi connectivity index (χ1) is 18.7. The second-order valence-electron chi connectivity index (χ2n) is 8.72. The molecule has 1 unspecified atom stereocenters. The topological polar surface area (TPSA) is 70.2 Å². The maximum absolute atomic E-state index is 13.8. The third-order valence-electron chi connectivity index (χ3n) is 6.19. The molecule has 1 atom stereocenters. The van der Waals surface area contributed by atoms with E-state index in [4.69, 9.17) is 16.3 Å². The van der Waals surface area contributed by atoms with Gasteiger partial charge >= 0.3 is 12.3 Å². The zero-order valence-corrected chi connectivity index (χ0v) is 22.2. The van der Waals surface area contributed by atoms with Crippen molar-refractivity contribution >= 4 is 46.5 Å². The van der Waals surface area contributed by atoms with Crippen LogP contribution in [0.2, 0.25) is 0 Å². The van der Waals surface area contributed by atoms with Gasteiger partial charge in [0, 0.05) is 36.7 Å². The molecule has 2 aromatic carbocycles. The Morgan fingerprint density at radius 2 is 1.64 bits per heavy atom. The summed E-state index contributed by atoms with van der Waals surface area (Å²) in [6.07, 6.45) is -5.15. The van der Waals surface area contributed by atoms with E-state index >= 15 is 0 Å². The number of alkyl halides is 4. The highest BCUT2D eigenvalue weighted by Gasteiger charge is 2.39. The van der Waals surface area contributed by atoms with Crippen LogP contribution in [0.5, 0.6) is 0 Å². The highest BCUT2D eigenvalue weighted by atomic mass is 35.5. The number of rotatable bonds is 7. The Morgan fingerprint density at radius 1 is 0.949 bits per heavy atom. The highest BCUT2D eigenvalue weighted by molar-refractivity contribution is 7.10. The Labute approximate surface area is 232 Å². The Morgan fingerprint density at radius 3 is 2.26 bits per heavy atom. The first kappa shape index (κ1) is 28.4. The minimum Gasteiger partial charge on any atom is -0.445 e. The van der Waals surface area contributed by atoms with Gasteiger partial charge in [0.1, 0.15) is 18.5 Å². The first-order valence-corrected chi connectivity index (χ1v) is 13.4. The fourth-order valence-corrected chi connectivity index (χ4v) is 5.17. The molecule has 2 heterocycles. The van der Waals surface area contributed by atoms with E-state index in [0.29, 0.717) is 4.88 Å². The lowest BCUT2D eigenvalue weighted by Gasteiger charge is -2.38. The van der Waals surface area contributed by atoms with Gasteiger partial charge in [-0.15, -0.1) is 22.9 Å². The van der Waals surface area contributed by atoms with Crippen LogP contribution in [0.1, 0.15) is 22.0 Å². The molecule has 0 spiro atoms. The van der Waals surface area contributed by atoms with Crippen molar-refractivity contribution < 1.29 is 32.3 Å². The van der Waals surface area contributed by atoms with Crippen LogP contribution >= 0.6 is 22.9 Å². The van der Waals surface area contributed by atoms with Crippen LogP contribution < -0.4 is 4.90 Å². The summed E-state index contributed by atoms with van der Waals surface area (Å²) in [5, 5.41) is 1.71. The number of nitrogens with zero attached hydrogens (tertiary/aromatic N) is 3. The number of thiophene rings is 1. The first-order valence-electron chi connectivity index (χ1n) is 12.0. The minimum absolute atomic E-state index is 0.0923. The van der Waals surface area contributed by atoms with E-state index in [1.54, 1.807) is 17.5 Å². The predicted molar refractivity (Wildman–Crippen MR) is 141 cm³/mol. The van der Waals surface area contributed by atoms with Crippen LogP contribution in [0.3, 0.4) is 0 Å². The van der Waals surface area contributed by atoms with Gasteiger partial charge in [0.05, 0.1) is 5.56 Å². The monoisotopic (exact) mass is 579 g/mol. The molecule has 1 saturated heterocycles. The fourth-order valence-electron chi connectivity index (χ4n) is 4.23. The Balaban J connectivity index is 1.52. The van der Waals surface area contributed by atoms with Gasteiger partial charge in [0.15, 0.2) is 0 Å². The summed E-state index contributed by atoms with van der Waals surface area (Å²) >= 11 is 7.06. The van der Waals surface area contributed by atoms with Gasteiger partial charge in [-0.2, -0.15) is 13.2 Å². The van der Waals surface area contributed by atoms with Gasteiger partial charge in [-0.3, -0.25) is 14.5 Å². The maximum atomic E-state index is 13.8. The van der Waals surface area contributed by atoms with E-state index in [-0.39, 0.29) is 38.5 Å². The number of ether oxygens (including phenoxy) is 1. The fraction of sp³-hybridized carbons (Fsp3) is 0.296. The van der Waals surface area contributed by atoms with Gasteiger partial charge in [0.25, 0.3) is 5.91 Å². The molecule has 4 rings (SSSR count). The van der Waals surface area contributed by atoms with Gasteiger partial charge in [-0.25, -0.2) is 4.79 Å². The standard InChI is InChI=1S/C27H25ClF3N3O4S/c28-17-23(35)34(21-9-4-8-20(16-21)27(29,30)31)24(22-10-5-15-39-22)25(36)32-11-13-33(14-12-32)26(37)38-18-19-6-2-1-3-7-19/h1-10,15-16,24H,11-14,17-18H2. The molecule has 7 nitrogen and oxygen atoms in total. The largest absolute Gasteiger partial charge is 0.445 e. The van der Waals surface area contributed by atoms with Crippen LogP contribution in [-0.4, -0.2) is 59.8 Å². The molecule has 3 aromatic rings. The minimum atomic E-state index is -4.64. The quantitative estimate of drug-likeness (QED) is 0.344. The van der Waals surface area contributed by atoms with E-state index in [1.165, 1.54) is 33.3 Å². The Bertz CT molecular complexity index is 1280. The second-order valence-corrected chi connectivity index (χ2v) is 9.96. The van der Waals surface area contributed by atoms with Crippen LogP contribution in [-0.2, 0) is 27.1 Å². The second kappa shape index (κ2) is 12.5. The molecule has 0 radical (unpaired) electrons. The molecular weight excluding hydrogens is 555 g/mol. The van der Waals surface area contributed by atoms with Gasteiger partial charge in [-0.1, -0.05) is 42.5 Å². The number of hydrogen-bond acceptors (Lipinski definition) is 5. The lowest BCUT2D eigenvalue weighted by atomic mass is 10.1. The average Bonchev–Trinajstić information content (AvgIpc) is 3.48. The van der Waals surface area contributed by atoms with Crippen molar-refractivity contribution in [3.8, 4) is 0 Å². The number of piperazine rings is 1. The number of carbonyl (C=O) groups is 3. The summed E-state index contributed by atoms with van der Waals surface area (Å²) in [5.41, 5.74) is -0.199. The zero-order chi connectivity index (χ0) is 28.0. The molecule has 12 heteroatoms. The van der Waals surface area contributed by atoms with Gasteiger partial charge in [0.2, 0.25) is 5.91 Å². The number of carbonyl (C=O) groups excluding carboxylic acids is 3. The van der Waals surface area contributed by atoms with E-state index in [1.807, 2.05) is 30.3 Å². The van der Waals surface area contributed by atoms with Crippen LogP contribution in [0.15, 0.2) is 72.1 Å². The molecule has 1 aliphatic heterocycles. The smallest absolute Gasteiger partial charge is 0.416 e. The van der Waals surface area contributed by atoms with Crippen molar-refractivity contribution in [2.75, 3.05) is 37.0 Å². The molecule has 1 aromatic heterocycles. The zero-order valence-electron chi connectivity index (χ0n) is 20.6. The van der Waals surface area contributed by atoms with E-state index in [9.17, 15) is 27.6 Å². The summed E-state index contributed by atoms with van der Waals surface area (Å²) in [7, 11) is 0. The molecule has 39 heavy (non-hydrogen) atoms. The summed E-state index contributed by atoms with van der Waals surface area (Å²) in [6, 6.07) is 15.6. The summed E-state index contributed by atoms with van der Waals surface area (Å²) < 4.78 is 45.7. The lowest BCUT2D eigenvalue weighted by molar-refractivity contribution is -0.137. The molecule has 0 bridgehead atoms. The lowest BCUT2D eigenvalue weighted by Crippen LogP contribution is -2.54. The van der Waals surface area contributed by atoms with Crippen LogP contribution in [0, 0.1) is 0 Å². The maximum Gasteiger partial charge on any atom is 0.416 e. The molecule has 206 valence electrons. The van der Waals surface area contributed by atoms with Crippen molar-refractivity contribution in [3.05, 3.63) is 88.1 Å². The molecule has 0 saturated carbocycles. The number of benzene rings is 2. The van der Waals surface area contributed by atoms with Crippen LogP contribution in [0.25, 0.3) is 0 Å². The van der Waals surface area contributed by atoms with Crippen molar-refractivity contribution in [3.63, 3.8) is 0 Å². The molecule has 0 aliphatic carbocycles. The molecular formula is C27H25ClF3N3O4S. The summed E-state index contributed by atoms with van der Waals surface area (Å²) in [4.78, 5) is 43.9. The molecule has 1 fully saturated rings. The number of halogens is 4. The third-order valence-corrected chi connectivity index (χ3v) is 7.35. The van der Waals surface area contributed by atoms with Crippen molar-refractivity contribution in [2.45, 2.75) is 18.8 Å². The van der Waals surface area contributed by atoms with E-state index < -0.39 is 41.6 Å². The number of amides is 3. The van der Waals surface area contributed by atoms with Gasteiger partial charge in [-0.05, 0) is 35.2 Å². The summed E-state index contributed by atoms with van der Waals surface area (Å²) in [5.74, 6) is -1.73. The van der Waals surface area contributed by atoms with E-state index in [2.05, 4.69) is 0 Å². The Kier molecular flexibility index (Phi) is 9.13. The SMILES string of the molecule is O=C(OCc1ccccc1)N1CCN(C(=O)C(c2cccs2)N(C(=O)CCl)c2cccc(C(F)(F)F)c2)CC1. The molecule has 3 amide bonds. The average molecular weight is 580 g/mol. The Hall–Kier alpha value is -3.57. The van der Waals surface area contributed by atoms with Crippen molar-refractivity contribution in [1.29, 1.82) is 0 Å². The normalized spacial score (nSPS) is 14.6. The van der Waals surface area contributed by atoms with Crippen molar-refractivity contribution in [1.82, 2.24) is 9.80 Å². The van der Waals surface area contributed by atoms with Crippen LogP contribution in [0.4, 0.5) is 23.7 Å². The predicted octanol–water partition coefficient (Wildman–Crippen LogP) is 5.56. The van der Waals surface area contributed by atoms with E-state index in [0.717, 1.165) is 22.6 Å². The number of hydrogen-bond donors (Lipinski definition) is 0. The third kappa shape index (κ3) is 6.90. The summed E-state index contributed by atoms with van der Waals surface area (Å²) in [6.45, 7) is 0.831. The molecule has 1 aliphatic rings. The number of anilines is 1. The highest BCUT2D eigenvalue weighted by Crippen LogP contribution is 2.36.